The van der Waals surface area contributed by atoms with Crippen molar-refractivity contribution in [3.63, 3.8) is 0 Å². The number of rotatable bonds is 7. The Morgan fingerprint density at radius 3 is 2.23 bits per heavy atom. The fraction of sp³-hybridized carbons (Fsp3) is 0.667. The molecule has 0 bridgehead atoms. The molecule has 0 spiro atoms. The monoisotopic (exact) mass is 371 g/mol. The minimum Gasteiger partial charge on any atom is -0.493 e. The van der Waals surface area contributed by atoms with E-state index in [4.69, 9.17) is 9.47 Å². The third-order valence-electron chi connectivity index (χ3n) is 3.36. The first kappa shape index (κ1) is 19.3. The second kappa shape index (κ2) is 7.69. The van der Waals surface area contributed by atoms with Crippen LogP contribution in [0.4, 0.5) is 0 Å². The zero-order chi connectivity index (χ0) is 17.0. The van der Waals surface area contributed by atoms with E-state index in [1.807, 2.05) is 19.1 Å². The molecule has 0 aliphatic heterocycles. The predicted octanol–water partition coefficient (Wildman–Crippen LogP) is 5.16. The molecule has 0 fully saturated rings. The lowest BCUT2D eigenvalue weighted by Crippen LogP contribution is -2.41. The van der Waals surface area contributed by atoms with Crippen LogP contribution in [0.25, 0.3) is 0 Å². The van der Waals surface area contributed by atoms with E-state index in [2.05, 4.69) is 55.9 Å². The summed E-state index contributed by atoms with van der Waals surface area (Å²) in [6, 6.07) is 4.02. The first-order valence-corrected chi connectivity index (χ1v) is 8.61. The van der Waals surface area contributed by atoms with Gasteiger partial charge in [-0.3, -0.25) is 0 Å². The van der Waals surface area contributed by atoms with Crippen molar-refractivity contribution in [1.29, 1.82) is 0 Å². The average molecular weight is 372 g/mol. The molecule has 0 heterocycles. The lowest BCUT2D eigenvalue weighted by Gasteiger charge is -2.33. The Hall–Kier alpha value is -0.740. The van der Waals surface area contributed by atoms with Gasteiger partial charge < -0.3 is 14.8 Å². The number of nitrogens with one attached hydrogen (secondary N) is 1. The molecular formula is C18H30BrNO2. The van der Waals surface area contributed by atoms with Crippen LogP contribution in [-0.2, 0) is 6.54 Å². The van der Waals surface area contributed by atoms with E-state index in [0.717, 1.165) is 28.9 Å². The van der Waals surface area contributed by atoms with Crippen molar-refractivity contribution in [2.45, 2.75) is 60.0 Å². The Morgan fingerprint density at radius 2 is 1.73 bits per heavy atom. The summed E-state index contributed by atoms with van der Waals surface area (Å²) in [5.41, 5.74) is 1.54. The van der Waals surface area contributed by atoms with E-state index >= 15 is 0 Å². The zero-order valence-corrected chi connectivity index (χ0v) is 16.6. The molecular weight excluding hydrogens is 342 g/mol. The normalized spacial score (nSPS) is 12.4. The molecule has 22 heavy (non-hydrogen) atoms. The third-order valence-corrected chi connectivity index (χ3v) is 4.10. The van der Waals surface area contributed by atoms with E-state index in [9.17, 15) is 0 Å². The van der Waals surface area contributed by atoms with Crippen molar-refractivity contribution >= 4 is 15.9 Å². The second-order valence-electron chi connectivity index (χ2n) is 7.50. The Labute approximate surface area is 143 Å². The lowest BCUT2D eigenvalue weighted by molar-refractivity contribution is 0.240. The van der Waals surface area contributed by atoms with Gasteiger partial charge in [-0.05, 0) is 50.3 Å². The van der Waals surface area contributed by atoms with Crippen molar-refractivity contribution in [3.8, 4) is 11.5 Å². The first-order chi connectivity index (χ1) is 10.1. The van der Waals surface area contributed by atoms with Crippen LogP contribution in [0.2, 0.25) is 0 Å². The van der Waals surface area contributed by atoms with Gasteiger partial charge in [0.25, 0.3) is 0 Å². The summed E-state index contributed by atoms with van der Waals surface area (Å²) in [6.07, 6.45) is 1.10. The SMILES string of the molecule is CCOc1cc(Br)c(CNC(C)(C)CC(C)(C)C)cc1OC. The molecule has 0 amide bonds. The Bertz CT molecular complexity index is 493. The van der Waals surface area contributed by atoms with Crippen LogP contribution in [0.3, 0.4) is 0 Å². The molecule has 4 heteroatoms. The highest BCUT2D eigenvalue weighted by Crippen LogP contribution is 2.34. The summed E-state index contributed by atoms with van der Waals surface area (Å²) >= 11 is 3.63. The second-order valence-corrected chi connectivity index (χ2v) is 8.36. The van der Waals surface area contributed by atoms with Crippen molar-refractivity contribution < 1.29 is 9.47 Å². The Balaban J connectivity index is 2.85. The molecule has 1 rings (SSSR count). The number of halogens is 1. The van der Waals surface area contributed by atoms with Gasteiger partial charge in [0.15, 0.2) is 11.5 Å². The molecule has 0 aliphatic carbocycles. The van der Waals surface area contributed by atoms with E-state index in [0.29, 0.717) is 12.0 Å². The minimum absolute atomic E-state index is 0.0729. The molecule has 1 N–H and O–H groups in total. The maximum Gasteiger partial charge on any atom is 0.162 e. The number of benzene rings is 1. The predicted molar refractivity (Wildman–Crippen MR) is 96.9 cm³/mol. The van der Waals surface area contributed by atoms with Crippen molar-refractivity contribution in [2.75, 3.05) is 13.7 Å². The van der Waals surface area contributed by atoms with Crippen LogP contribution in [0.5, 0.6) is 11.5 Å². The highest BCUT2D eigenvalue weighted by atomic mass is 79.9. The number of methoxy groups -OCH3 is 1. The quantitative estimate of drug-likeness (QED) is 0.717. The van der Waals surface area contributed by atoms with Gasteiger partial charge in [-0.15, -0.1) is 0 Å². The summed E-state index contributed by atoms with van der Waals surface area (Å²) in [4.78, 5) is 0. The summed E-state index contributed by atoms with van der Waals surface area (Å²) in [7, 11) is 1.67. The highest BCUT2D eigenvalue weighted by Gasteiger charge is 2.25. The van der Waals surface area contributed by atoms with E-state index < -0.39 is 0 Å². The lowest BCUT2D eigenvalue weighted by atomic mass is 9.82. The standard InChI is InChI=1S/C18H30BrNO2/c1-8-22-16-10-14(19)13(9-15(16)21-7)11-20-18(5,6)12-17(2,3)4/h9-10,20H,8,11-12H2,1-7H3. The maximum atomic E-state index is 5.60. The van der Waals surface area contributed by atoms with E-state index in [1.165, 1.54) is 5.56 Å². The molecule has 0 radical (unpaired) electrons. The van der Waals surface area contributed by atoms with Gasteiger partial charge in [0.2, 0.25) is 0 Å². The molecule has 126 valence electrons. The van der Waals surface area contributed by atoms with Gasteiger partial charge in [0, 0.05) is 16.6 Å². The van der Waals surface area contributed by atoms with Gasteiger partial charge in [-0.2, -0.15) is 0 Å². The molecule has 0 unspecified atom stereocenters. The summed E-state index contributed by atoms with van der Waals surface area (Å²) in [6.45, 7) is 14.7. The van der Waals surface area contributed by atoms with Gasteiger partial charge in [-0.1, -0.05) is 36.7 Å². The summed E-state index contributed by atoms with van der Waals surface area (Å²) < 4.78 is 12.1. The maximum absolute atomic E-state index is 5.60. The van der Waals surface area contributed by atoms with Crippen LogP contribution < -0.4 is 14.8 Å². The molecule has 0 saturated carbocycles. The molecule has 0 aliphatic rings. The van der Waals surface area contributed by atoms with E-state index in [1.54, 1.807) is 7.11 Å². The Kier molecular flexibility index (Phi) is 6.75. The Morgan fingerprint density at radius 1 is 1.09 bits per heavy atom. The van der Waals surface area contributed by atoms with Crippen LogP contribution in [0, 0.1) is 5.41 Å². The van der Waals surface area contributed by atoms with Crippen molar-refractivity contribution in [2.24, 2.45) is 5.41 Å². The smallest absolute Gasteiger partial charge is 0.162 e. The molecule has 0 aromatic heterocycles. The van der Waals surface area contributed by atoms with E-state index in [-0.39, 0.29) is 5.54 Å². The molecule has 0 saturated heterocycles. The molecule has 1 aromatic rings. The highest BCUT2D eigenvalue weighted by molar-refractivity contribution is 9.10. The van der Waals surface area contributed by atoms with Gasteiger partial charge >= 0.3 is 0 Å². The van der Waals surface area contributed by atoms with Crippen LogP contribution in [0.15, 0.2) is 16.6 Å². The van der Waals surface area contributed by atoms with Crippen LogP contribution in [0.1, 0.15) is 53.5 Å². The fourth-order valence-corrected chi connectivity index (χ4v) is 3.33. The fourth-order valence-electron chi connectivity index (χ4n) is 2.86. The molecule has 3 nitrogen and oxygen atoms in total. The topological polar surface area (TPSA) is 30.5 Å². The molecule has 1 aromatic carbocycles. The largest absolute Gasteiger partial charge is 0.493 e. The van der Waals surface area contributed by atoms with Gasteiger partial charge in [0.1, 0.15) is 0 Å². The van der Waals surface area contributed by atoms with Crippen LogP contribution in [-0.4, -0.2) is 19.3 Å². The van der Waals surface area contributed by atoms with Crippen molar-refractivity contribution in [1.82, 2.24) is 5.32 Å². The number of hydrogen-bond acceptors (Lipinski definition) is 3. The van der Waals surface area contributed by atoms with Gasteiger partial charge in [0.05, 0.1) is 13.7 Å². The minimum atomic E-state index is 0.0729. The third kappa shape index (κ3) is 6.17. The number of hydrogen-bond donors (Lipinski definition) is 1. The number of ether oxygens (including phenoxy) is 2. The average Bonchev–Trinajstić information content (AvgIpc) is 2.35. The summed E-state index contributed by atoms with van der Waals surface area (Å²) in [5, 5.41) is 3.65. The first-order valence-electron chi connectivity index (χ1n) is 7.82. The van der Waals surface area contributed by atoms with Gasteiger partial charge in [-0.25, -0.2) is 0 Å². The summed E-state index contributed by atoms with van der Waals surface area (Å²) in [5.74, 6) is 1.55. The molecule has 0 atom stereocenters. The van der Waals surface area contributed by atoms with Crippen LogP contribution >= 0.6 is 15.9 Å². The van der Waals surface area contributed by atoms with Crippen molar-refractivity contribution in [3.05, 3.63) is 22.2 Å². The zero-order valence-electron chi connectivity index (χ0n) is 15.0.